The average Bonchev–Trinajstić information content (AvgIpc) is 3.47. The maximum atomic E-state index is 13.0. The van der Waals surface area contributed by atoms with Crippen LogP contribution >= 0.6 is 0 Å². The number of halogens is 1. The summed E-state index contributed by atoms with van der Waals surface area (Å²) in [4.78, 5) is 24.8. The Kier molecular flexibility index (Phi) is 4.63. The lowest BCUT2D eigenvalue weighted by Gasteiger charge is -2.39. The number of benzene rings is 1. The van der Waals surface area contributed by atoms with Gasteiger partial charge in [-0.05, 0) is 63.5 Å². The zero-order chi connectivity index (χ0) is 23.0. The molecule has 3 atom stereocenters. The molecule has 7 nitrogen and oxygen atoms in total. The number of esters is 1. The summed E-state index contributed by atoms with van der Waals surface area (Å²) >= 11 is 0. The first-order valence-corrected chi connectivity index (χ1v) is 11.2. The molecule has 31 heavy (non-hydrogen) atoms. The molecule has 0 radical (unpaired) electrons. The predicted molar refractivity (Wildman–Crippen MR) is 107 cm³/mol. The molecule has 0 bridgehead atoms. The molecule has 1 fully saturated rings. The number of ether oxygens (including phenoxy) is 1. The van der Waals surface area contributed by atoms with Crippen LogP contribution in [0.3, 0.4) is 0 Å². The second kappa shape index (κ2) is 6.57. The second-order valence-electron chi connectivity index (χ2n) is 9.03. The van der Waals surface area contributed by atoms with E-state index in [0.29, 0.717) is 18.4 Å². The minimum atomic E-state index is -4.87. The summed E-state index contributed by atoms with van der Waals surface area (Å²) in [6.45, 7) is 4.72. The highest BCUT2D eigenvalue weighted by molar-refractivity contribution is 7.86. The largest absolute Gasteiger partial charge is 0.461 e. The summed E-state index contributed by atoms with van der Waals surface area (Å²) in [5, 5.41) is 21.9. The number of Topliss-reactive ketones (excluding diaryl/α,β-unsaturated/α-hetero) is 1. The molecule has 1 aromatic carbocycles. The van der Waals surface area contributed by atoms with Crippen LogP contribution in [0.1, 0.15) is 44.0 Å². The van der Waals surface area contributed by atoms with E-state index in [2.05, 4.69) is 0 Å². The molecule has 1 spiro atoms. The van der Waals surface area contributed by atoms with Crippen LogP contribution in [0, 0.1) is 10.8 Å². The standard InChI is InChI=1S/C22H23FO7S/c1-12-16-15(17(24)21(3,27)22(12)8-9-22)10-20(2,18(16)25)11-30-19(26)13-4-6-14(7-5-13)31(23,28)29/h4-7,10,18,25,27H,8-9,11H2,1-3H3/t18-,20-,21+/m0/s1. The number of carbonyl (C=O) groups is 2. The second-order valence-corrected chi connectivity index (χ2v) is 10.4. The van der Waals surface area contributed by atoms with Crippen molar-refractivity contribution in [2.75, 3.05) is 6.61 Å². The van der Waals surface area contributed by atoms with Crippen LogP contribution in [0.25, 0.3) is 0 Å². The Balaban J connectivity index is 1.57. The van der Waals surface area contributed by atoms with Crippen LogP contribution in [0.4, 0.5) is 3.89 Å². The van der Waals surface area contributed by atoms with Crippen LogP contribution in [0.2, 0.25) is 0 Å². The predicted octanol–water partition coefficient (Wildman–Crippen LogP) is 2.24. The molecule has 0 saturated heterocycles. The van der Waals surface area contributed by atoms with Crippen LogP contribution < -0.4 is 0 Å². The third kappa shape index (κ3) is 3.09. The van der Waals surface area contributed by atoms with Crippen molar-refractivity contribution in [3.8, 4) is 0 Å². The Hall–Kier alpha value is -2.36. The van der Waals surface area contributed by atoms with Crippen molar-refractivity contribution in [3.05, 3.63) is 52.6 Å². The first-order valence-electron chi connectivity index (χ1n) is 9.86. The van der Waals surface area contributed by atoms with Crippen LogP contribution in [-0.2, 0) is 19.8 Å². The van der Waals surface area contributed by atoms with E-state index in [-0.39, 0.29) is 17.7 Å². The minimum absolute atomic E-state index is 0.0138. The molecular weight excluding hydrogens is 427 g/mol. The Morgan fingerprint density at radius 2 is 1.81 bits per heavy atom. The molecule has 4 rings (SSSR count). The van der Waals surface area contributed by atoms with E-state index in [4.69, 9.17) is 4.74 Å². The van der Waals surface area contributed by atoms with Gasteiger partial charge in [-0.15, -0.1) is 3.89 Å². The molecule has 0 unspecified atom stereocenters. The van der Waals surface area contributed by atoms with Gasteiger partial charge in [0.25, 0.3) is 0 Å². The van der Waals surface area contributed by atoms with Crippen LogP contribution in [-0.4, -0.2) is 48.7 Å². The van der Waals surface area contributed by atoms with Gasteiger partial charge in [-0.1, -0.05) is 11.6 Å². The monoisotopic (exact) mass is 450 g/mol. The third-order valence-corrected chi connectivity index (χ3v) is 7.87. The van der Waals surface area contributed by atoms with E-state index in [9.17, 15) is 32.1 Å². The summed E-state index contributed by atoms with van der Waals surface area (Å²) in [5.74, 6) is -1.23. The fourth-order valence-electron chi connectivity index (χ4n) is 4.83. The van der Waals surface area contributed by atoms with Gasteiger partial charge in [0.05, 0.1) is 22.0 Å². The van der Waals surface area contributed by atoms with Crippen LogP contribution in [0.15, 0.2) is 52.0 Å². The zero-order valence-electron chi connectivity index (χ0n) is 17.3. The molecule has 0 aliphatic heterocycles. The summed E-state index contributed by atoms with van der Waals surface area (Å²) in [6, 6.07) is 4.17. The van der Waals surface area contributed by atoms with Gasteiger partial charge in [-0.25, -0.2) is 4.79 Å². The van der Waals surface area contributed by atoms with Crippen molar-refractivity contribution in [1.82, 2.24) is 0 Å². The van der Waals surface area contributed by atoms with Gasteiger partial charge in [0, 0.05) is 11.0 Å². The van der Waals surface area contributed by atoms with Crippen molar-refractivity contribution >= 4 is 22.0 Å². The number of hydrogen-bond acceptors (Lipinski definition) is 7. The van der Waals surface area contributed by atoms with Crippen molar-refractivity contribution in [1.29, 1.82) is 0 Å². The number of carbonyl (C=O) groups excluding carboxylic acids is 2. The normalized spacial score (nSPS) is 31.5. The van der Waals surface area contributed by atoms with E-state index in [1.165, 1.54) is 6.92 Å². The average molecular weight is 450 g/mol. The van der Waals surface area contributed by atoms with Crippen molar-refractivity contribution in [3.63, 3.8) is 0 Å². The molecular formula is C22H23FO7S. The number of hydrogen-bond donors (Lipinski definition) is 2. The topological polar surface area (TPSA) is 118 Å². The van der Waals surface area contributed by atoms with Crippen LogP contribution in [0.5, 0.6) is 0 Å². The van der Waals surface area contributed by atoms with Crippen molar-refractivity contribution < 1.29 is 36.8 Å². The Bertz CT molecular complexity index is 1160. The first-order chi connectivity index (χ1) is 14.2. The van der Waals surface area contributed by atoms with E-state index in [1.807, 2.05) is 6.92 Å². The van der Waals surface area contributed by atoms with Gasteiger partial charge >= 0.3 is 16.2 Å². The molecule has 0 aromatic heterocycles. The fourth-order valence-corrected chi connectivity index (χ4v) is 5.29. The van der Waals surface area contributed by atoms with Gasteiger partial charge in [0.2, 0.25) is 0 Å². The lowest BCUT2D eigenvalue weighted by molar-refractivity contribution is -0.138. The highest BCUT2D eigenvalue weighted by Crippen LogP contribution is 2.65. The Morgan fingerprint density at radius 3 is 2.32 bits per heavy atom. The summed E-state index contributed by atoms with van der Waals surface area (Å²) < 4.78 is 40.1. The molecule has 1 aromatic rings. The number of ketones is 1. The number of aliphatic hydroxyl groups is 2. The Labute approximate surface area is 179 Å². The van der Waals surface area contributed by atoms with Gasteiger partial charge < -0.3 is 14.9 Å². The number of fused-ring (bicyclic) bond motifs is 1. The van der Waals surface area contributed by atoms with Gasteiger partial charge in [-0.3, -0.25) is 4.79 Å². The number of rotatable bonds is 4. The van der Waals surface area contributed by atoms with E-state index in [1.54, 1.807) is 13.0 Å². The zero-order valence-corrected chi connectivity index (χ0v) is 18.1. The maximum Gasteiger partial charge on any atom is 0.338 e. The molecule has 3 aliphatic rings. The first kappa shape index (κ1) is 21.9. The number of aliphatic hydroxyl groups excluding tert-OH is 1. The van der Waals surface area contributed by atoms with E-state index in [0.717, 1.165) is 29.8 Å². The summed E-state index contributed by atoms with van der Waals surface area (Å²) in [6.07, 6.45) is 1.79. The Morgan fingerprint density at radius 1 is 1.23 bits per heavy atom. The molecule has 3 aliphatic carbocycles. The van der Waals surface area contributed by atoms with Crippen molar-refractivity contribution in [2.24, 2.45) is 10.8 Å². The highest BCUT2D eigenvalue weighted by Gasteiger charge is 2.66. The maximum absolute atomic E-state index is 13.0. The molecule has 0 heterocycles. The third-order valence-electron chi connectivity index (χ3n) is 7.04. The fraction of sp³-hybridized carbons (Fsp3) is 0.455. The van der Waals surface area contributed by atoms with Gasteiger partial charge in [0.15, 0.2) is 5.78 Å². The van der Waals surface area contributed by atoms with Gasteiger partial charge in [-0.2, -0.15) is 8.42 Å². The molecule has 1 saturated carbocycles. The summed E-state index contributed by atoms with van der Waals surface area (Å²) in [7, 11) is -4.87. The molecule has 166 valence electrons. The quantitative estimate of drug-likeness (QED) is 0.534. The smallest absolute Gasteiger partial charge is 0.338 e. The van der Waals surface area contributed by atoms with E-state index < -0.39 is 49.4 Å². The van der Waals surface area contributed by atoms with Crippen molar-refractivity contribution in [2.45, 2.75) is 50.2 Å². The minimum Gasteiger partial charge on any atom is -0.461 e. The van der Waals surface area contributed by atoms with Gasteiger partial charge in [0.1, 0.15) is 12.2 Å². The van der Waals surface area contributed by atoms with E-state index >= 15 is 0 Å². The lowest BCUT2D eigenvalue weighted by Crippen LogP contribution is -2.50. The SMILES string of the molecule is CC1=C2C(=C[C@@](C)(COC(=O)c3ccc(S(=O)(=O)F)cc3)[C@H]2O)C(=O)[C@@](C)(O)C12CC2. The molecule has 2 N–H and O–H groups in total. The highest BCUT2D eigenvalue weighted by atomic mass is 32.3. The lowest BCUT2D eigenvalue weighted by atomic mass is 9.67. The molecule has 0 amide bonds. The summed E-state index contributed by atoms with van der Waals surface area (Å²) in [5.41, 5.74) is -1.75. The molecule has 9 heteroatoms.